The molecule has 0 heterocycles. The maximum absolute atomic E-state index is 10.3. The van der Waals surface area contributed by atoms with Crippen LogP contribution in [0.3, 0.4) is 0 Å². The zero-order chi connectivity index (χ0) is 13.6. The number of aliphatic carboxylic acids is 2. The van der Waals surface area contributed by atoms with Gasteiger partial charge in [0.15, 0.2) is 0 Å². The molecule has 19 heavy (non-hydrogen) atoms. The summed E-state index contributed by atoms with van der Waals surface area (Å²) in [6.07, 6.45) is 11.3. The van der Waals surface area contributed by atoms with E-state index in [1.165, 1.54) is 25.7 Å². The summed E-state index contributed by atoms with van der Waals surface area (Å²) in [5, 5.41) is 16.9. The van der Waals surface area contributed by atoms with E-state index in [-0.39, 0.29) is 18.9 Å². The minimum absolute atomic E-state index is 0. The number of carbonyl (C=O) groups is 2. The Hall–Kier alpha value is -0.463. The van der Waals surface area contributed by atoms with Crippen LogP contribution in [0.4, 0.5) is 0 Å². The third-order valence-electron chi connectivity index (χ3n) is 3.03. The molecule has 0 amide bonds. The third kappa shape index (κ3) is 20.0. The van der Waals surface area contributed by atoms with Crippen molar-refractivity contribution in [2.24, 2.45) is 0 Å². The summed E-state index contributed by atoms with van der Waals surface area (Å²) >= 11 is 0. The predicted octanol–water partition coefficient (Wildman–Crippen LogP) is 3.19. The van der Waals surface area contributed by atoms with E-state index >= 15 is 0 Å². The quantitative estimate of drug-likeness (QED) is 0.396. The van der Waals surface area contributed by atoms with Crippen molar-refractivity contribution in [1.29, 1.82) is 0 Å². The minimum atomic E-state index is -0.698. The Labute approximate surface area is 128 Å². The van der Waals surface area contributed by atoms with Crippen LogP contribution in [0, 0.1) is 0 Å². The third-order valence-corrected chi connectivity index (χ3v) is 3.03. The molecule has 0 fully saturated rings. The molecule has 0 aliphatic carbocycles. The SMILES string of the molecule is O=C(O)CCCCCCCCCCCCC(=O)O.[LiH]. The van der Waals surface area contributed by atoms with E-state index in [1.54, 1.807) is 0 Å². The van der Waals surface area contributed by atoms with E-state index in [1.807, 2.05) is 0 Å². The summed E-state index contributed by atoms with van der Waals surface area (Å²) in [7, 11) is 0. The van der Waals surface area contributed by atoms with E-state index in [4.69, 9.17) is 10.2 Å². The molecule has 0 aromatic heterocycles. The van der Waals surface area contributed by atoms with Crippen LogP contribution in [0.2, 0.25) is 0 Å². The van der Waals surface area contributed by atoms with Crippen LogP contribution in [0.25, 0.3) is 0 Å². The number of hydrogen-bond acceptors (Lipinski definition) is 2. The van der Waals surface area contributed by atoms with E-state index in [0.717, 1.165) is 38.5 Å². The Kier molecular flexibility index (Phi) is 17.1. The molecule has 0 bridgehead atoms. The Morgan fingerprint density at radius 1 is 0.526 bits per heavy atom. The van der Waals surface area contributed by atoms with Gasteiger partial charge in [0.1, 0.15) is 0 Å². The van der Waals surface area contributed by atoms with Gasteiger partial charge in [-0.15, -0.1) is 0 Å². The van der Waals surface area contributed by atoms with Crippen molar-refractivity contribution in [3.05, 3.63) is 0 Å². The molecule has 0 unspecified atom stereocenters. The van der Waals surface area contributed by atoms with Crippen LogP contribution < -0.4 is 0 Å². The molecule has 2 N–H and O–H groups in total. The average molecular weight is 266 g/mol. The van der Waals surface area contributed by atoms with Gasteiger partial charge in [-0.2, -0.15) is 0 Å². The summed E-state index contributed by atoms with van der Waals surface area (Å²) < 4.78 is 0. The number of carboxylic acid groups (broad SMARTS) is 2. The molecule has 0 saturated heterocycles. The first-order valence-corrected chi connectivity index (χ1v) is 7.06. The zero-order valence-electron chi connectivity index (χ0n) is 11.2. The van der Waals surface area contributed by atoms with Crippen molar-refractivity contribution >= 4 is 30.8 Å². The molecule has 0 rings (SSSR count). The molecular weight excluding hydrogens is 239 g/mol. The zero-order valence-corrected chi connectivity index (χ0v) is 11.2. The van der Waals surface area contributed by atoms with Gasteiger partial charge in [0.2, 0.25) is 0 Å². The molecule has 0 saturated carbocycles. The first kappa shape index (κ1) is 20.8. The first-order chi connectivity index (χ1) is 8.63. The second-order valence-corrected chi connectivity index (χ2v) is 4.82. The number of hydrogen-bond donors (Lipinski definition) is 2. The summed E-state index contributed by atoms with van der Waals surface area (Å²) in [5.74, 6) is -1.40. The van der Waals surface area contributed by atoms with Gasteiger partial charge < -0.3 is 10.2 Å². The second kappa shape index (κ2) is 15.6. The normalized spacial score (nSPS) is 9.89. The Bertz CT molecular complexity index is 207. The van der Waals surface area contributed by atoms with Gasteiger partial charge in [-0.05, 0) is 12.8 Å². The second-order valence-electron chi connectivity index (χ2n) is 4.82. The van der Waals surface area contributed by atoms with Crippen LogP contribution in [0.1, 0.15) is 77.0 Å². The summed E-state index contributed by atoms with van der Waals surface area (Å²) in [4.78, 5) is 20.5. The molecule has 5 heteroatoms. The van der Waals surface area contributed by atoms with Crippen LogP contribution in [-0.4, -0.2) is 41.0 Å². The average Bonchev–Trinajstić information content (AvgIpc) is 2.29. The van der Waals surface area contributed by atoms with Gasteiger partial charge >= 0.3 is 30.8 Å². The van der Waals surface area contributed by atoms with E-state index < -0.39 is 11.9 Å². The Morgan fingerprint density at radius 3 is 0.947 bits per heavy atom. The van der Waals surface area contributed by atoms with Crippen LogP contribution in [0.15, 0.2) is 0 Å². The maximum atomic E-state index is 10.3. The number of rotatable bonds is 13. The molecule has 0 spiro atoms. The Morgan fingerprint density at radius 2 is 0.737 bits per heavy atom. The molecule has 4 nitrogen and oxygen atoms in total. The van der Waals surface area contributed by atoms with Crippen molar-refractivity contribution in [2.45, 2.75) is 77.0 Å². The van der Waals surface area contributed by atoms with Crippen LogP contribution in [-0.2, 0) is 9.59 Å². The number of unbranched alkanes of at least 4 members (excludes halogenated alkanes) is 9. The topological polar surface area (TPSA) is 74.6 Å². The summed E-state index contributed by atoms with van der Waals surface area (Å²) in [6, 6.07) is 0. The molecule has 0 radical (unpaired) electrons. The molecule has 108 valence electrons. The van der Waals surface area contributed by atoms with Crippen molar-refractivity contribution < 1.29 is 19.8 Å². The van der Waals surface area contributed by atoms with Crippen molar-refractivity contribution in [3.63, 3.8) is 0 Å². The first-order valence-electron chi connectivity index (χ1n) is 7.06. The molecular formula is C14H27LiO4. The van der Waals surface area contributed by atoms with Crippen molar-refractivity contribution in [1.82, 2.24) is 0 Å². The summed E-state index contributed by atoms with van der Waals surface area (Å²) in [6.45, 7) is 0. The van der Waals surface area contributed by atoms with Gasteiger partial charge in [0.25, 0.3) is 0 Å². The van der Waals surface area contributed by atoms with Gasteiger partial charge in [-0.25, -0.2) is 0 Å². The monoisotopic (exact) mass is 266 g/mol. The molecule has 0 atom stereocenters. The standard InChI is InChI=1S/C14H26O4.Li.H/c15-13(16)11-9-7-5-3-1-2-4-6-8-10-12-14(17)18;;/h1-12H2,(H,15,16)(H,17,18);;. The number of carboxylic acids is 2. The molecule has 0 aliphatic rings. The Balaban J connectivity index is 0. The van der Waals surface area contributed by atoms with E-state index in [2.05, 4.69) is 0 Å². The fourth-order valence-electron chi connectivity index (χ4n) is 1.97. The predicted molar refractivity (Wildman–Crippen MR) is 77.8 cm³/mol. The van der Waals surface area contributed by atoms with Gasteiger partial charge in [-0.1, -0.05) is 51.4 Å². The molecule has 0 aliphatic heterocycles. The fourth-order valence-corrected chi connectivity index (χ4v) is 1.97. The molecule has 0 aromatic rings. The van der Waals surface area contributed by atoms with Crippen molar-refractivity contribution in [2.75, 3.05) is 0 Å². The summed E-state index contributed by atoms with van der Waals surface area (Å²) in [5.41, 5.74) is 0. The van der Waals surface area contributed by atoms with Crippen LogP contribution in [0.5, 0.6) is 0 Å². The van der Waals surface area contributed by atoms with Gasteiger partial charge in [-0.3, -0.25) is 9.59 Å². The van der Waals surface area contributed by atoms with Crippen LogP contribution >= 0.6 is 0 Å². The van der Waals surface area contributed by atoms with E-state index in [0.29, 0.717) is 12.8 Å². The van der Waals surface area contributed by atoms with E-state index in [9.17, 15) is 9.59 Å². The molecule has 0 aromatic carbocycles. The van der Waals surface area contributed by atoms with Gasteiger partial charge in [0, 0.05) is 12.8 Å². The van der Waals surface area contributed by atoms with Gasteiger partial charge in [0.05, 0.1) is 0 Å². The van der Waals surface area contributed by atoms with Crippen molar-refractivity contribution in [3.8, 4) is 0 Å². The fraction of sp³-hybridized carbons (Fsp3) is 0.857.